The summed E-state index contributed by atoms with van der Waals surface area (Å²) in [6.45, 7) is 0.452. The molecule has 4 rings (SSSR count). The van der Waals surface area contributed by atoms with E-state index in [0.717, 1.165) is 29.0 Å². The second-order valence-electron chi connectivity index (χ2n) is 6.36. The van der Waals surface area contributed by atoms with Gasteiger partial charge in [-0.3, -0.25) is 4.79 Å². The zero-order valence-corrected chi connectivity index (χ0v) is 13.4. The van der Waals surface area contributed by atoms with Crippen molar-refractivity contribution in [3.8, 4) is 0 Å². The average molecular weight is 341 g/mol. The first-order chi connectivity index (χ1) is 12.1. The number of nitrogens with zero attached hydrogens (tertiary/aromatic N) is 1. The number of carbonyl (C=O) groups excluding carboxylic acids is 1. The summed E-state index contributed by atoms with van der Waals surface area (Å²) in [7, 11) is 0. The van der Waals surface area contributed by atoms with Crippen molar-refractivity contribution >= 4 is 16.9 Å². The van der Waals surface area contributed by atoms with E-state index in [4.69, 9.17) is 0 Å². The molecule has 1 aliphatic carbocycles. The number of hydrogen-bond donors (Lipinski definition) is 2. The van der Waals surface area contributed by atoms with E-state index in [-0.39, 0.29) is 23.3 Å². The quantitative estimate of drug-likeness (QED) is 0.748. The molecule has 2 unspecified atom stereocenters. The van der Waals surface area contributed by atoms with Crippen LogP contribution in [0.2, 0.25) is 0 Å². The fourth-order valence-electron chi connectivity index (χ4n) is 3.19. The van der Waals surface area contributed by atoms with Gasteiger partial charge in [-0.25, -0.2) is 13.8 Å². The number of aromatic nitrogens is 2. The van der Waals surface area contributed by atoms with Gasteiger partial charge in [-0.2, -0.15) is 0 Å². The van der Waals surface area contributed by atoms with Crippen molar-refractivity contribution in [2.24, 2.45) is 5.92 Å². The van der Waals surface area contributed by atoms with Gasteiger partial charge in [0.1, 0.15) is 17.5 Å². The van der Waals surface area contributed by atoms with Crippen LogP contribution in [0, 0.1) is 17.6 Å². The van der Waals surface area contributed by atoms with Crippen molar-refractivity contribution in [1.29, 1.82) is 0 Å². The van der Waals surface area contributed by atoms with Crippen LogP contribution >= 0.6 is 0 Å². The molecule has 1 fully saturated rings. The van der Waals surface area contributed by atoms with E-state index < -0.39 is 11.6 Å². The van der Waals surface area contributed by atoms with Crippen LogP contribution < -0.4 is 5.32 Å². The number of hydrogen-bond acceptors (Lipinski definition) is 2. The largest absolute Gasteiger partial charge is 0.355 e. The van der Waals surface area contributed by atoms with Gasteiger partial charge in [-0.1, -0.05) is 12.1 Å². The van der Waals surface area contributed by atoms with Gasteiger partial charge in [0.15, 0.2) is 0 Å². The molecule has 3 aromatic rings. The molecule has 1 aliphatic rings. The Morgan fingerprint density at radius 3 is 2.92 bits per heavy atom. The van der Waals surface area contributed by atoms with Crippen LogP contribution in [0.25, 0.3) is 11.0 Å². The van der Waals surface area contributed by atoms with Crippen molar-refractivity contribution in [3.05, 3.63) is 65.5 Å². The molecule has 2 N–H and O–H groups in total. The summed E-state index contributed by atoms with van der Waals surface area (Å²) in [6, 6.07) is 11.1. The predicted octanol–water partition coefficient (Wildman–Crippen LogP) is 3.30. The Bertz CT molecular complexity index is 904. The molecular weight excluding hydrogens is 324 g/mol. The molecule has 0 aliphatic heterocycles. The molecule has 25 heavy (non-hydrogen) atoms. The highest BCUT2D eigenvalue weighted by Crippen LogP contribution is 2.48. The molecule has 1 amide bonds. The van der Waals surface area contributed by atoms with Crippen LogP contribution in [0.1, 0.15) is 23.7 Å². The molecule has 0 saturated heterocycles. The molecule has 1 heterocycles. The maximum atomic E-state index is 13.8. The van der Waals surface area contributed by atoms with Crippen LogP contribution in [0.15, 0.2) is 42.5 Å². The molecule has 0 spiro atoms. The van der Waals surface area contributed by atoms with E-state index in [9.17, 15) is 13.6 Å². The minimum absolute atomic E-state index is 0.121. The Balaban J connectivity index is 1.32. The summed E-state index contributed by atoms with van der Waals surface area (Å²) in [4.78, 5) is 19.9. The Morgan fingerprint density at radius 2 is 2.08 bits per heavy atom. The lowest BCUT2D eigenvalue weighted by Crippen LogP contribution is -2.27. The second-order valence-corrected chi connectivity index (χ2v) is 6.36. The van der Waals surface area contributed by atoms with E-state index >= 15 is 0 Å². The maximum absolute atomic E-state index is 13.8. The number of fused-ring (bicyclic) bond motifs is 1. The molecule has 1 aromatic heterocycles. The number of benzene rings is 2. The normalized spacial score (nSPS) is 19.1. The first-order valence-corrected chi connectivity index (χ1v) is 8.28. The third kappa shape index (κ3) is 3.24. The highest BCUT2D eigenvalue weighted by molar-refractivity contribution is 5.83. The van der Waals surface area contributed by atoms with Gasteiger partial charge in [0.25, 0.3) is 0 Å². The second kappa shape index (κ2) is 6.27. The third-order valence-electron chi connectivity index (χ3n) is 4.58. The number of amides is 1. The van der Waals surface area contributed by atoms with E-state index in [0.29, 0.717) is 19.4 Å². The van der Waals surface area contributed by atoms with Crippen molar-refractivity contribution in [2.45, 2.75) is 18.8 Å². The number of imidazole rings is 1. The van der Waals surface area contributed by atoms with Crippen molar-refractivity contribution in [3.63, 3.8) is 0 Å². The zero-order chi connectivity index (χ0) is 17.4. The Kier molecular flexibility index (Phi) is 3.95. The highest BCUT2D eigenvalue weighted by Gasteiger charge is 2.45. The first kappa shape index (κ1) is 15.7. The number of para-hydroxylation sites is 2. The van der Waals surface area contributed by atoms with Gasteiger partial charge >= 0.3 is 0 Å². The molecule has 1 saturated carbocycles. The average Bonchev–Trinajstić information content (AvgIpc) is 3.29. The molecule has 0 radical (unpaired) electrons. The minimum Gasteiger partial charge on any atom is -0.355 e. The Hall–Kier alpha value is -2.76. The SMILES string of the molecule is O=C(NCCc1nc2ccccc2[nH]1)C1CC1c1cc(F)ccc1F. The molecule has 6 heteroatoms. The number of aromatic amines is 1. The van der Waals surface area contributed by atoms with Crippen LogP contribution in [0.3, 0.4) is 0 Å². The smallest absolute Gasteiger partial charge is 0.223 e. The van der Waals surface area contributed by atoms with Crippen LogP contribution in [-0.2, 0) is 11.2 Å². The van der Waals surface area contributed by atoms with E-state index in [1.54, 1.807) is 0 Å². The molecular formula is C19H17F2N3O. The summed E-state index contributed by atoms with van der Waals surface area (Å²) in [5.74, 6) is -0.764. The number of carbonyl (C=O) groups is 1. The topological polar surface area (TPSA) is 57.8 Å². The Morgan fingerprint density at radius 1 is 1.24 bits per heavy atom. The summed E-state index contributed by atoms with van der Waals surface area (Å²) >= 11 is 0. The Labute approximate surface area is 143 Å². The van der Waals surface area contributed by atoms with E-state index in [1.165, 1.54) is 6.07 Å². The van der Waals surface area contributed by atoms with Crippen LogP contribution in [0.5, 0.6) is 0 Å². The van der Waals surface area contributed by atoms with Crippen LogP contribution in [0.4, 0.5) is 8.78 Å². The zero-order valence-electron chi connectivity index (χ0n) is 13.4. The summed E-state index contributed by atoms with van der Waals surface area (Å²) < 4.78 is 27.0. The molecule has 2 aromatic carbocycles. The van der Waals surface area contributed by atoms with Gasteiger partial charge in [0.2, 0.25) is 5.91 Å². The van der Waals surface area contributed by atoms with Crippen LogP contribution in [-0.4, -0.2) is 22.4 Å². The summed E-state index contributed by atoms with van der Waals surface area (Å²) in [5, 5.41) is 2.86. The summed E-state index contributed by atoms with van der Waals surface area (Å²) in [6.07, 6.45) is 1.14. The van der Waals surface area contributed by atoms with Gasteiger partial charge < -0.3 is 10.3 Å². The molecule has 0 bridgehead atoms. The molecule has 4 nitrogen and oxygen atoms in total. The maximum Gasteiger partial charge on any atom is 0.223 e. The fraction of sp³-hybridized carbons (Fsp3) is 0.263. The first-order valence-electron chi connectivity index (χ1n) is 8.28. The molecule has 2 atom stereocenters. The summed E-state index contributed by atoms with van der Waals surface area (Å²) in [5.41, 5.74) is 2.15. The lowest BCUT2D eigenvalue weighted by Gasteiger charge is -2.05. The highest BCUT2D eigenvalue weighted by atomic mass is 19.1. The standard InChI is InChI=1S/C19H17F2N3O/c20-11-5-6-15(21)13(9-11)12-10-14(12)19(25)22-8-7-18-23-16-3-1-2-4-17(16)24-18/h1-6,9,12,14H,7-8,10H2,(H,22,25)(H,23,24). The van der Waals surface area contributed by atoms with Gasteiger partial charge in [-0.15, -0.1) is 0 Å². The van der Waals surface area contributed by atoms with E-state index in [2.05, 4.69) is 15.3 Å². The monoisotopic (exact) mass is 341 g/mol. The third-order valence-corrected chi connectivity index (χ3v) is 4.58. The number of nitrogens with one attached hydrogen (secondary N) is 2. The van der Waals surface area contributed by atoms with E-state index in [1.807, 2.05) is 24.3 Å². The van der Waals surface area contributed by atoms with Crippen molar-refractivity contribution in [2.75, 3.05) is 6.54 Å². The van der Waals surface area contributed by atoms with Gasteiger partial charge in [-0.05, 0) is 48.2 Å². The number of rotatable bonds is 5. The fourth-order valence-corrected chi connectivity index (χ4v) is 3.19. The minimum atomic E-state index is -0.479. The number of halogens is 2. The lowest BCUT2D eigenvalue weighted by molar-refractivity contribution is -0.122. The predicted molar refractivity (Wildman–Crippen MR) is 90.0 cm³/mol. The number of H-pyrrole nitrogens is 1. The van der Waals surface area contributed by atoms with Crippen molar-refractivity contribution < 1.29 is 13.6 Å². The van der Waals surface area contributed by atoms with Crippen molar-refractivity contribution in [1.82, 2.24) is 15.3 Å². The molecule has 128 valence electrons. The van der Waals surface area contributed by atoms with Gasteiger partial charge in [0, 0.05) is 18.9 Å². The van der Waals surface area contributed by atoms with Gasteiger partial charge in [0.05, 0.1) is 11.0 Å². The lowest BCUT2D eigenvalue weighted by atomic mass is 10.1.